The van der Waals surface area contributed by atoms with Crippen molar-refractivity contribution in [3.63, 3.8) is 0 Å². The second-order valence-electron chi connectivity index (χ2n) is 4.32. The average Bonchev–Trinajstić information content (AvgIpc) is 2.29. The lowest BCUT2D eigenvalue weighted by molar-refractivity contribution is -0.144. The number of esters is 1. The first-order valence-electron chi connectivity index (χ1n) is 6.67. The van der Waals surface area contributed by atoms with Crippen molar-refractivity contribution in [3.8, 4) is 0 Å². The molecule has 0 aromatic heterocycles. The largest absolute Gasteiger partial charge is 0.458 e. The van der Waals surface area contributed by atoms with E-state index in [1.807, 2.05) is 12.2 Å². The molecule has 0 N–H and O–H groups in total. The van der Waals surface area contributed by atoms with Gasteiger partial charge in [0, 0.05) is 6.92 Å². The molecule has 0 fully saturated rings. The molecule has 0 heterocycles. The highest BCUT2D eigenvalue weighted by Gasteiger charge is 2.07. The number of rotatable bonds is 10. The molecule has 0 aliphatic carbocycles. The second-order valence-corrected chi connectivity index (χ2v) is 4.32. The van der Waals surface area contributed by atoms with Gasteiger partial charge in [0.1, 0.15) is 6.10 Å². The third-order valence-corrected chi connectivity index (χ3v) is 2.62. The van der Waals surface area contributed by atoms with E-state index >= 15 is 0 Å². The zero-order valence-corrected chi connectivity index (χ0v) is 11.3. The molecule has 0 saturated carbocycles. The standard InChI is InChI=1S/C15H26O2/c1-4-6-8-9-10-11-13-15(12-7-5-2)17-14(3)16/h5,7,12,15H,2,4,6,8-11,13H2,1,3H3. The van der Waals surface area contributed by atoms with E-state index in [4.69, 9.17) is 4.74 Å². The second kappa shape index (κ2) is 11.4. The summed E-state index contributed by atoms with van der Waals surface area (Å²) < 4.78 is 5.21. The Bertz CT molecular complexity index is 231. The van der Waals surface area contributed by atoms with Crippen LogP contribution in [-0.4, -0.2) is 12.1 Å². The summed E-state index contributed by atoms with van der Waals surface area (Å²) in [6.45, 7) is 7.29. The van der Waals surface area contributed by atoms with Crippen LogP contribution in [0, 0.1) is 0 Å². The van der Waals surface area contributed by atoms with Gasteiger partial charge < -0.3 is 4.74 Å². The van der Waals surface area contributed by atoms with Crippen molar-refractivity contribution in [2.75, 3.05) is 0 Å². The molecule has 0 aromatic carbocycles. The van der Waals surface area contributed by atoms with Gasteiger partial charge in [-0.15, -0.1) is 0 Å². The van der Waals surface area contributed by atoms with Crippen molar-refractivity contribution in [2.45, 2.75) is 64.9 Å². The first kappa shape index (κ1) is 16.0. The summed E-state index contributed by atoms with van der Waals surface area (Å²) in [6, 6.07) is 0. The summed E-state index contributed by atoms with van der Waals surface area (Å²) in [5.74, 6) is -0.213. The molecule has 0 aromatic rings. The van der Waals surface area contributed by atoms with Crippen molar-refractivity contribution >= 4 is 5.97 Å². The molecule has 0 amide bonds. The van der Waals surface area contributed by atoms with Crippen LogP contribution in [0.4, 0.5) is 0 Å². The lowest BCUT2D eigenvalue weighted by atomic mass is 10.1. The molecule has 1 atom stereocenters. The van der Waals surface area contributed by atoms with E-state index in [1.165, 1.54) is 39.0 Å². The first-order chi connectivity index (χ1) is 8.20. The number of ether oxygens (including phenoxy) is 1. The number of unbranched alkanes of at least 4 members (excludes halogenated alkanes) is 5. The lowest BCUT2D eigenvalue weighted by Crippen LogP contribution is -2.13. The summed E-state index contributed by atoms with van der Waals surface area (Å²) in [5, 5.41) is 0. The van der Waals surface area contributed by atoms with Crippen LogP contribution in [0.25, 0.3) is 0 Å². The van der Waals surface area contributed by atoms with Crippen LogP contribution in [0.5, 0.6) is 0 Å². The number of carbonyl (C=O) groups excluding carboxylic acids is 1. The zero-order chi connectivity index (χ0) is 12.9. The van der Waals surface area contributed by atoms with E-state index in [-0.39, 0.29) is 12.1 Å². The molecule has 0 aliphatic heterocycles. The highest BCUT2D eigenvalue weighted by molar-refractivity contribution is 5.66. The maximum atomic E-state index is 10.9. The highest BCUT2D eigenvalue weighted by atomic mass is 16.5. The van der Waals surface area contributed by atoms with Crippen molar-refractivity contribution in [3.05, 3.63) is 24.8 Å². The Morgan fingerprint density at radius 2 is 1.88 bits per heavy atom. The Morgan fingerprint density at radius 1 is 1.24 bits per heavy atom. The molecule has 0 saturated heterocycles. The van der Waals surface area contributed by atoms with E-state index in [1.54, 1.807) is 6.08 Å². The Hall–Kier alpha value is -1.05. The number of carbonyl (C=O) groups is 1. The molecule has 0 spiro atoms. The van der Waals surface area contributed by atoms with Crippen LogP contribution in [0.15, 0.2) is 24.8 Å². The van der Waals surface area contributed by atoms with Crippen LogP contribution in [0.3, 0.4) is 0 Å². The van der Waals surface area contributed by atoms with Crippen LogP contribution < -0.4 is 0 Å². The van der Waals surface area contributed by atoms with Gasteiger partial charge in [-0.1, -0.05) is 57.8 Å². The summed E-state index contributed by atoms with van der Waals surface area (Å²) in [7, 11) is 0. The van der Waals surface area contributed by atoms with E-state index in [9.17, 15) is 4.79 Å². The van der Waals surface area contributed by atoms with Crippen LogP contribution in [-0.2, 0) is 9.53 Å². The fourth-order valence-corrected chi connectivity index (χ4v) is 1.74. The van der Waals surface area contributed by atoms with Crippen molar-refractivity contribution in [1.82, 2.24) is 0 Å². The van der Waals surface area contributed by atoms with E-state index in [2.05, 4.69) is 13.5 Å². The summed E-state index contributed by atoms with van der Waals surface area (Å²) in [6.07, 6.45) is 13.8. The Balaban J connectivity index is 3.71. The molecule has 2 heteroatoms. The molecule has 1 unspecified atom stereocenters. The summed E-state index contributed by atoms with van der Waals surface area (Å²) >= 11 is 0. The molecule has 98 valence electrons. The Labute approximate surface area is 106 Å². The van der Waals surface area contributed by atoms with Gasteiger partial charge in [0.25, 0.3) is 0 Å². The number of hydrogen-bond acceptors (Lipinski definition) is 2. The molecular formula is C15H26O2. The van der Waals surface area contributed by atoms with E-state index in [0.717, 1.165) is 12.8 Å². The van der Waals surface area contributed by atoms with Crippen molar-refractivity contribution in [2.24, 2.45) is 0 Å². The molecule has 17 heavy (non-hydrogen) atoms. The molecule has 0 aliphatic rings. The minimum atomic E-state index is -0.213. The van der Waals surface area contributed by atoms with Crippen molar-refractivity contribution < 1.29 is 9.53 Å². The zero-order valence-electron chi connectivity index (χ0n) is 11.3. The lowest BCUT2D eigenvalue weighted by Gasteiger charge is -2.12. The van der Waals surface area contributed by atoms with E-state index < -0.39 is 0 Å². The van der Waals surface area contributed by atoms with Gasteiger partial charge in [0.05, 0.1) is 0 Å². The van der Waals surface area contributed by atoms with Gasteiger partial charge in [-0.2, -0.15) is 0 Å². The van der Waals surface area contributed by atoms with Gasteiger partial charge in [0.2, 0.25) is 0 Å². The van der Waals surface area contributed by atoms with Crippen LogP contribution >= 0.6 is 0 Å². The predicted molar refractivity (Wildman–Crippen MR) is 72.9 cm³/mol. The van der Waals surface area contributed by atoms with Gasteiger partial charge in [-0.3, -0.25) is 4.79 Å². The monoisotopic (exact) mass is 238 g/mol. The van der Waals surface area contributed by atoms with Gasteiger partial charge in [0.15, 0.2) is 0 Å². The van der Waals surface area contributed by atoms with Crippen LogP contribution in [0.2, 0.25) is 0 Å². The summed E-state index contributed by atoms with van der Waals surface area (Å²) in [4.78, 5) is 10.9. The Morgan fingerprint density at radius 3 is 2.47 bits per heavy atom. The molecule has 0 bridgehead atoms. The maximum absolute atomic E-state index is 10.9. The quantitative estimate of drug-likeness (QED) is 0.320. The smallest absolute Gasteiger partial charge is 0.303 e. The summed E-state index contributed by atoms with van der Waals surface area (Å²) in [5.41, 5.74) is 0. The van der Waals surface area contributed by atoms with Gasteiger partial charge >= 0.3 is 5.97 Å². The van der Waals surface area contributed by atoms with Crippen molar-refractivity contribution in [1.29, 1.82) is 0 Å². The normalized spacial score (nSPS) is 12.6. The topological polar surface area (TPSA) is 26.3 Å². The Kier molecular flexibility index (Phi) is 10.7. The van der Waals surface area contributed by atoms with Gasteiger partial charge in [-0.25, -0.2) is 0 Å². The highest BCUT2D eigenvalue weighted by Crippen LogP contribution is 2.11. The molecule has 0 radical (unpaired) electrons. The third-order valence-electron chi connectivity index (χ3n) is 2.62. The predicted octanol–water partition coefficient (Wildman–Crippen LogP) is 4.41. The average molecular weight is 238 g/mol. The van der Waals surface area contributed by atoms with E-state index in [0.29, 0.717) is 0 Å². The molecule has 2 nitrogen and oxygen atoms in total. The van der Waals surface area contributed by atoms with Gasteiger partial charge in [-0.05, 0) is 18.9 Å². The number of allylic oxidation sites excluding steroid dienone is 2. The fraction of sp³-hybridized carbons (Fsp3) is 0.667. The minimum Gasteiger partial charge on any atom is -0.458 e. The SMILES string of the molecule is C=CC=CC(CCCCCCCC)OC(C)=O. The number of hydrogen-bond donors (Lipinski definition) is 0. The maximum Gasteiger partial charge on any atom is 0.303 e. The third kappa shape index (κ3) is 11.2. The first-order valence-corrected chi connectivity index (χ1v) is 6.67. The fourth-order valence-electron chi connectivity index (χ4n) is 1.74. The minimum absolute atomic E-state index is 0.0864. The molecular weight excluding hydrogens is 212 g/mol. The van der Waals surface area contributed by atoms with Crippen LogP contribution in [0.1, 0.15) is 58.8 Å². The molecule has 0 rings (SSSR count).